The Labute approximate surface area is 160 Å². The van der Waals surface area contributed by atoms with Crippen molar-refractivity contribution in [3.63, 3.8) is 0 Å². The molecule has 1 heterocycles. The molecule has 8 heteroatoms. The van der Waals surface area contributed by atoms with Gasteiger partial charge in [0.2, 0.25) is 0 Å². The van der Waals surface area contributed by atoms with Crippen LogP contribution in [0.25, 0.3) is 0 Å². The Balaban J connectivity index is 1.86. The molecule has 0 bridgehead atoms. The van der Waals surface area contributed by atoms with Crippen LogP contribution in [-0.2, 0) is 24.2 Å². The Hall–Kier alpha value is -1.54. The first-order valence-electron chi connectivity index (χ1n) is 8.23. The fraction of sp³-hybridized carbons (Fsp3) is 0.471. The van der Waals surface area contributed by atoms with E-state index in [1.54, 1.807) is 0 Å². The summed E-state index contributed by atoms with van der Waals surface area (Å²) in [5.74, 6) is 0.833. The van der Waals surface area contributed by atoms with Gasteiger partial charge in [0.1, 0.15) is 11.6 Å². The molecule has 0 aliphatic heterocycles. The SMILES string of the molecule is CCc1ccc(OCCCc2nnc(SCC(=O)O)n2CC)c(Br)c1. The Morgan fingerprint density at radius 1 is 1.36 bits per heavy atom. The molecule has 0 radical (unpaired) electrons. The van der Waals surface area contributed by atoms with E-state index in [4.69, 9.17) is 9.84 Å². The van der Waals surface area contributed by atoms with Gasteiger partial charge in [-0.2, -0.15) is 0 Å². The lowest BCUT2D eigenvalue weighted by Gasteiger charge is -2.10. The standard InChI is InChI=1S/C17H22BrN3O3S/c1-3-12-7-8-14(13(18)10-12)24-9-5-6-15-19-20-17(21(15)4-2)25-11-16(22)23/h7-8,10H,3-6,9,11H2,1-2H3,(H,22,23). The van der Waals surface area contributed by atoms with E-state index in [1.165, 1.54) is 17.3 Å². The molecule has 1 aromatic carbocycles. The first kappa shape index (κ1) is 19.8. The number of hydrogen-bond acceptors (Lipinski definition) is 5. The normalized spacial score (nSPS) is 10.8. The number of carboxylic acid groups (broad SMARTS) is 1. The third-order valence-electron chi connectivity index (χ3n) is 3.64. The predicted octanol–water partition coefficient (Wildman–Crippen LogP) is 3.81. The summed E-state index contributed by atoms with van der Waals surface area (Å²) in [6.07, 6.45) is 2.54. The lowest BCUT2D eigenvalue weighted by atomic mass is 10.2. The van der Waals surface area contributed by atoms with Crippen LogP contribution in [0.2, 0.25) is 0 Å². The fourth-order valence-electron chi connectivity index (χ4n) is 2.35. The van der Waals surface area contributed by atoms with Crippen LogP contribution in [0.15, 0.2) is 27.8 Å². The van der Waals surface area contributed by atoms with Gasteiger partial charge in [0.25, 0.3) is 0 Å². The summed E-state index contributed by atoms with van der Waals surface area (Å²) in [7, 11) is 0. The third kappa shape index (κ3) is 5.74. The summed E-state index contributed by atoms with van der Waals surface area (Å²) in [6.45, 7) is 5.42. The lowest BCUT2D eigenvalue weighted by Crippen LogP contribution is -2.07. The number of thioether (sulfide) groups is 1. The maximum atomic E-state index is 10.7. The first-order chi connectivity index (χ1) is 12.0. The average Bonchev–Trinajstić information content (AvgIpc) is 2.99. The molecule has 0 amide bonds. The van der Waals surface area contributed by atoms with Gasteiger partial charge in [-0.25, -0.2) is 0 Å². The molecule has 0 saturated carbocycles. The van der Waals surface area contributed by atoms with Gasteiger partial charge in [0, 0.05) is 13.0 Å². The van der Waals surface area contributed by atoms with E-state index in [-0.39, 0.29) is 5.75 Å². The summed E-state index contributed by atoms with van der Waals surface area (Å²) >= 11 is 4.73. The number of halogens is 1. The Kier molecular flexibility index (Phi) is 7.77. The number of benzene rings is 1. The van der Waals surface area contributed by atoms with Crippen LogP contribution in [0.3, 0.4) is 0 Å². The Morgan fingerprint density at radius 3 is 2.80 bits per heavy atom. The third-order valence-corrected chi connectivity index (χ3v) is 5.21. The Bertz CT molecular complexity index is 721. The van der Waals surface area contributed by atoms with Crippen molar-refractivity contribution in [1.29, 1.82) is 0 Å². The van der Waals surface area contributed by atoms with E-state index in [9.17, 15) is 4.79 Å². The van der Waals surface area contributed by atoms with Gasteiger partial charge in [-0.15, -0.1) is 10.2 Å². The van der Waals surface area contributed by atoms with E-state index in [0.29, 0.717) is 11.8 Å². The molecule has 2 aromatic rings. The molecule has 6 nitrogen and oxygen atoms in total. The van der Waals surface area contributed by atoms with Crippen molar-refractivity contribution >= 4 is 33.7 Å². The molecule has 1 aromatic heterocycles. The number of hydrogen-bond donors (Lipinski definition) is 1. The summed E-state index contributed by atoms with van der Waals surface area (Å²) < 4.78 is 8.76. The van der Waals surface area contributed by atoms with Crippen molar-refractivity contribution in [3.05, 3.63) is 34.1 Å². The van der Waals surface area contributed by atoms with Crippen LogP contribution >= 0.6 is 27.7 Å². The second kappa shape index (κ2) is 9.82. The van der Waals surface area contributed by atoms with Gasteiger partial charge < -0.3 is 14.4 Å². The van der Waals surface area contributed by atoms with Crippen molar-refractivity contribution in [1.82, 2.24) is 14.8 Å². The second-order valence-electron chi connectivity index (χ2n) is 5.40. The van der Waals surface area contributed by atoms with Crippen molar-refractivity contribution in [2.24, 2.45) is 0 Å². The number of ether oxygens (including phenoxy) is 1. The van der Waals surface area contributed by atoms with Crippen molar-refractivity contribution in [2.75, 3.05) is 12.4 Å². The summed E-state index contributed by atoms with van der Waals surface area (Å²) in [4.78, 5) is 10.7. The van der Waals surface area contributed by atoms with Crippen LogP contribution in [0.4, 0.5) is 0 Å². The highest BCUT2D eigenvalue weighted by Crippen LogP contribution is 2.26. The molecule has 25 heavy (non-hydrogen) atoms. The highest BCUT2D eigenvalue weighted by atomic mass is 79.9. The van der Waals surface area contributed by atoms with E-state index in [2.05, 4.69) is 45.2 Å². The highest BCUT2D eigenvalue weighted by molar-refractivity contribution is 9.10. The smallest absolute Gasteiger partial charge is 0.313 e. The van der Waals surface area contributed by atoms with Gasteiger partial charge in [0.05, 0.1) is 16.8 Å². The molecule has 136 valence electrons. The summed E-state index contributed by atoms with van der Waals surface area (Å²) in [5.41, 5.74) is 1.27. The quantitative estimate of drug-likeness (QED) is 0.458. The van der Waals surface area contributed by atoms with Gasteiger partial charge in [0.15, 0.2) is 5.16 Å². The molecule has 0 aliphatic rings. The highest BCUT2D eigenvalue weighted by Gasteiger charge is 2.12. The zero-order valence-corrected chi connectivity index (χ0v) is 16.8. The van der Waals surface area contributed by atoms with E-state index < -0.39 is 5.97 Å². The van der Waals surface area contributed by atoms with E-state index in [0.717, 1.165) is 41.9 Å². The second-order valence-corrected chi connectivity index (χ2v) is 7.19. The van der Waals surface area contributed by atoms with Crippen molar-refractivity contribution in [2.45, 2.75) is 44.8 Å². The lowest BCUT2D eigenvalue weighted by molar-refractivity contribution is -0.133. The van der Waals surface area contributed by atoms with Crippen LogP contribution < -0.4 is 4.74 Å². The minimum absolute atomic E-state index is 0.0109. The minimum atomic E-state index is -0.856. The predicted molar refractivity (Wildman–Crippen MR) is 101 cm³/mol. The largest absolute Gasteiger partial charge is 0.492 e. The molecule has 0 spiro atoms. The monoisotopic (exact) mass is 427 g/mol. The molecular formula is C17H22BrN3O3S. The van der Waals surface area contributed by atoms with Crippen LogP contribution in [0.5, 0.6) is 5.75 Å². The maximum absolute atomic E-state index is 10.7. The van der Waals surface area contributed by atoms with E-state index in [1.807, 2.05) is 17.6 Å². The average molecular weight is 428 g/mol. The zero-order valence-electron chi connectivity index (χ0n) is 14.4. The number of rotatable bonds is 10. The summed E-state index contributed by atoms with van der Waals surface area (Å²) in [6, 6.07) is 6.13. The fourth-order valence-corrected chi connectivity index (χ4v) is 3.63. The molecule has 0 unspecified atom stereocenters. The van der Waals surface area contributed by atoms with Crippen LogP contribution in [-0.4, -0.2) is 38.2 Å². The number of carbonyl (C=O) groups is 1. The zero-order chi connectivity index (χ0) is 18.2. The number of aromatic nitrogens is 3. The van der Waals surface area contributed by atoms with Gasteiger partial charge >= 0.3 is 5.97 Å². The summed E-state index contributed by atoms with van der Waals surface area (Å²) in [5, 5.41) is 17.7. The van der Waals surface area contributed by atoms with E-state index >= 15 is 0 Å². The first-order valence-corrected chi connectivity index (χ1v) is 10.0. The number of nitrogens with zero attached hydrogens (tertiary/aromatic N) is 3. The van der Waals surface area contributed by atoms with Gasteiger partial charge in [-0.3, -0.25) is 4.79 Å². The molecular weight excluding hydrogens is 406 g/mol. The molecule has 2 rings (SSSR count). The van der Waals surface area contributed by atoms with Gasteiger partial charge in [-0.1, -0.05) is 24.8 Å². The maximum Gasteiger partial charge on any atom is 0.313 e. The van der Waals surface area contributed by atoms with Crippen molar-refractivity contribution in [3.8, 4) is 5.75 Å². The molecule has 0 atom stereocenters. The number of carboxylic acids is 1. The minimum Gasteiger partial charge on any atom is -0.492 e. The molecule has 1 N–H and O–H groups in total. The number of aliphatic carboxylic acids is 1. The molecule has 0 saturated heterocycles. The van der Waals surface area contributed by atoms with Crippen molar-refractivity contribution < 1.29 is 14.6 Å². The number of aryl methyl sites for hydroxylation is 2. The topological polar surface area (TPSA) is 77.2 Å². The van der Waals surface area contributed by atoms with Gasteiger partial charge in [-0.05, 0) is 53.4 Å². The van der Waals surface area contributed by atoms with Crippen LogP contribution in [0, 0.1) is 0 Å². The molecule has 0 aliphatic carbocycles. The molecule has 0 fully saturated rings. The van der Waals surface area contributed by atoms with Crippen LogP contribution in [0.1, 0.15) is 31.7 Å². The Morgan fingerprint density at radius 2 is 2.16 bits per heavy atom.